The highest BCUT2D eigenvalue weighted by atomic mass is 32.2. The van der Waals surface area contributed by atoms with Gasteiger partial charge in [0.2, 0.25) is 0 Å². The molecule has 20 heavy (non-hydrogen) atoms. The average Bonchev–Trinajstić information content (AvgIpc) is 2.88. The fraction of sp³-hybridized carbons (Fsp3) is 0.167. The molecule has 1 aromatic carbocycles. The summed E-state index contributed by atoms with van der Waals surface area (Å²) in [5.41, 5.74) is 5.57. The molecule has 5 nitrogen and oxygen atoms in total. The van der Waals surface area contributed by atoms with Gasteiger partial charge in [0.05, 0.1) is 12.8 Å². The number of anilines is 1. The molecule has 0 saturated carbocycles. The van der Waals surface area contributed by atoms with Crippen LogP contribution < -0.4 is 15.2 Å². The van der Waals surface area contributed by atoms with E-state index in [9.17, 15) is 12.8 Å². The molecule has 108 valence electrons. The Morgan fingerprint density at radius 1 is 1.35 bits per heavy atom. The number of benzene rings is 1. The van der Waals surface area contributed by atoms with Crippen molar-refractivity contribution in [1.29, 1.82) is 0 Å². The molecule has 0 radical (unpaired) electrons. The summed E-state index contributed by atoms with van der Waals surface area (Å²) in [6.45, 7) is 0.275. The number of sulfonamides is 1. The Morgan fingerprint density at radius 2 is 2.10 bits per heavy atom. The van der Waals surface area contributed by atoms with Crippen molar-refractivity contribution in [3.05, 3.63) is 41.0 Å². The highest BCUT2D eigenvalue weighted by molar-refractivity contribution is 7.94. The monoisotopic (exact) mass is 316 g/mol. The second-order valence-electron chi connectivity index (χ2n) is 3.88. The van der Waals surface area contributed by atoms with Crippen LogP contribution in [0.5, 0.6) is 5.75 Å². The van der Waals surface area contributed by atoms with Crippen molar-refractivity contribution < 1.29 is 17.5 Å². The smallest absolute Gasteiger partial charge is 0.271 e. The summed E-state index contributed by atoms with van der Waals surface area (Å²) in [6.07, 6.45) is 0. The molecule has 8 heteroatoms. The predicted octanol–water partition coefficient (Wildman–Crippen LogP) is 2.16. The van der Waals surface area contributed by atoms with Gasteiger partial charge in [-0.15, -0.1) is 11.3 Å². The molecule has 0 aliphatic carbocycles. The fourth-order valence-corrected chi connectivity index (χ4v) is 3.83. The first kappa shape index (κ1) is 14.8. The highest BCUT2D eigenvalue weighted by Gasteiger charge is 2.17. The van der Waals surface area contributed by atoms with E-state index < -0.39 is 15.8 Å². The average molecular weight is 316 g/mol. The van der Waals surface area contributed by atoms with Crippen molar-refractivity contribution in [3.8, 4) is 5.75 Å². The van der Waals surface area contributed by atoms with Crippen molar-refractivity contribution in [2.45, 2.75) is 10.8 Å². The Bertz CT molecular complexity index is 713. The van der Waals surface area contributed by atoms with Gasteiger partial charge in [-0.2, -0.15) is 0 Å². The summed E-state index contributed by atoms with van der Waals surface area (Å²) in [6, 6.07) is 6.96. The van der Waals surface area contributed by atoms with E-state index in [2.05, 4.69) is 4.72 Å². The molecule has 2 aromatic rings. The van der Waals surface area contributed by atoms with Crippen LogP contribution in [0.4, 0.5) is 10.1 Å². The number of ether oxygens (including phenoxy) is 1. The van der Waals surface area contributed by atoms with Crippen LogP contribution >= 0.6 is 11.3 Å². The molecule has 1 heterocycles. The van der Waals surface area contributed by atoms with Crippen LogP contribution in [0.3, 0.4) is 0 Å². The Labute approximate surface area is 120 Å². The number of rotatable bonds is 5. The number of methoxy groups -OCH3 is 1. The van der Waals surface area contributed by atoms with E-state index in [0.717, 1.165) is 22.3 Å². The lowest BCUT2D eigenvalue weighted by molar-refractivity contribution is 0.386. The number of nitrogens with one attached hydrogen (secondary N) is 1. The van der Waals surface area contributed by atoms with Crippen molar-refractivity contribution >= 4 is 27.0 Å². The third kappa shape index (κ3) is 3.09. The van der Waals surface area contributed by atoms with Crippen LogP contribution in [-0.2, 0) is 16.6 Å². The van der Waals surface area contributed by atoms with Gasteiger partial charge in [-0.3, -0.25) is 4.72 Å². The summed E-state index contributed by atoms with van der Waals surface area (Å²) >= 11 is 1.08. The Kier molecular flexibility index (Phi) is 4.26. The van der Waals surface area contributed by atoms with E-state index in [1.165, 1.54) is 25.3 Å². The van der Waals surface area contributed by atoms with E-state index in [4.69, 9.17) is 10.5 Å². The van der Waals surface area contributed by atoms with Gasteiger partial charge in [-0.05, 0) is 24.3 Å². The summed E-state index contributed by atoms with van der Waals surface area (Å²) in [7, 11) is -2.40. The molecule has 0 saturated heterocycles. The molecule has 0 atom stereocenters. The van der Waals surface area contributed by atoms with Crippen molar-refractivity contribution in [2.75, 3.05) is 11.8 Å². The van der Waals surface area contributed by atoms with Crippen molar-refractivity contribution in [2.24, 2.45) is 5.73 Å². The van der Waals surface area contributed by atoms with E-state index in [-0.39, 0.29) is 22.2 Å². The first-order valence-corrected chi connectivity index (χ1v) is 7.91. The maximum absolute atomic E-state index is 13.5. The van der Waals surface area contributed by atoms with Gasteiger partial charge in [-0.1, -0.05) is 0 Å². The van der Waals surface area contributed by atoms with Crippen LogP contribution in [0.25, 0.3) is 0 Å². The van der Waals surface area contributed by atoms with Crippen LogP contribution in [0.15, 0.2) is 34.5 Å². The van der Waals surface area contributed by atoms with Crippen LogP contribution in [0.2, 0.25) is 0 Å². The molecule has 0 spiro atoms. The maximum Gasteiger partial charge on any atom is 0.271 e. The lowest BCUT2D eigenvalue weighted by Crippen LogP contribution is -2.11. The second kappa shape index (κ2) is 5.78. The molecular formula is C12H13FN2O3S2. The van der Waals surface area contributed by atoms with E-state index in [1.54, 1.807) is 6.07 Å². The normalized spacial score (nSPS) is 11.3. The van der Waals surface area contributed by atoms with Gasteiger partial charge in [0.1, 0.15) is 4.21 Å². The molecule has 0 bridgehead atoms. The molecule has 0 amide bonds. The molecule has 1 aromatic heterocycles. The van der Waals surface area contributed by atoms with Crippen LogP contribution in [0, 0.1) is 5.82 Å². The van der Waals surface area contributed by atoms with Crippen LogP contribution in [0.1, 0.15) is 4.88 Å². The van der Waals surface area contributed by atoms with E-state index in [1.807, 2.05) is 0 Å². The topological polar surface area (TPSA) is 81.4 Å². The van der Waals surface area contributed by atoms with Crippen LogP contribution in [-0.4, -0.2) is 15.5 Å². The summed E-state index contributed by atoms with van der Waals surface area (Å²) in [4.78, 5) is 0.756. The zero-order valence-electron chi connectivity index (χ0n) is 10.6. The molecule has 3 N–H and O–H groups in total. The lowest BCUT2D eigenvalue weighted by Gasteiger charge is -2.08. The minimum absolute atomic E-state index is 0.0505. The van der Waals surface area contributed by atoms with Gasteiger partial charge < -0.3 is 10.5 Å². The number of hydrogen-bond acceptors (Lipinski definition) is 5. The SMILES string of the molecule is COc1ccc(NS(=O)(=O)c2ccc(CN)s2)cc1F. The number of nitrogens with two attached hydrogens (primary N) is 1. The highest BCUT2D eigenvalue weighted by Crippen LogP contribution is 2.26. The molecule has 0 aliphatic heterocycles. The molecule has 0 unspecified atom stereocenters. The largest absolute Gasteiger partial charge is 0.494 e. The predicted molar refractivity (Wildman–Crippen MR) is 76.0 cm³/mol. The van der Waals surface area contributed by atoms with Gasteiger partial charge in [0, 0.05) is 17.5 Å². The standard InChI is InChI=1S/C12H13FN2O3S2/c1-18-11-4-2-8(6-10(11)13)15-20(16,17)12-5-3-9(7-14)19-12/h2-6,15H,7,14H2,1H3. The number of thiophene rings is 1. The quantitative estimate of drug-likeness (QED) is 0.885. The third-order valence-corrected chi connectivity index (χ3v) is 5.49. The number of hydrogen-bond donors (Lipinski definition) is 2. The zero-order chi connectivity index (χ0) is 14.8. The van der Waals surface area contributed by atoms with Gasteiger partial charge in [0.15, 0.2) is 11.6 Å². The van der Waals surface area contributed by atoms with E-state index >= 15 is 0 Å². The molecule has 0 aliphatic rings. The minimum atomic E-state index is -3.73. The Morgan fingerprint density at radius 3 is 2.65 bits per heavy atom. The Hall–Kier alpha value is -1.64. The Balaban J connectivity index is 2.26. The molecule has 0 fully saturated rings. The summed E-state index contributed by atoms with van der Waals surface area (Å²) in [5.74, 6) is -0.587. The van der Waals surface area contributed by atoms with Gasteiger partial charge in [0.25, 0.3) is 10.0 Å². The second-order valence-corrected chi connectivity index (χ2v) is 6.96. The zero-order valence-corrected chi connectivity index (χ0v) is 12.2. The maximum atomic E-state index is 13.5. The molecular weight excluding hydrogens is 303 g/mol. The lowest BCUT2D eigenvalue weighted by atomic mass is 10.3. The van der Waals surface area contributed by atoms with Gasteiger partial charge in [-0.25, -0.2) is 12.8 Å². The number of halogens is 1. The first-order valence-electron chi connectivity index (χ1n) is 5.61. The minimum Gasteiger partial charge on any atom is -0.494 e. The summed E-state index contributed by atoms with van der Waals surface area (Å²) < 4.78 is 44.9. The van der Waals surface area contributed by atoms with Crippen molar-refractivity contribution in [1.82, 2.24) is 0 Å². The first-order chi connectivity index (χ1) is 9.46. The third-order valence-electron chi connectivity index (χ3n) is 2.51. The summed E-state index contributed by atoms with van der Waals surface area (Å²) in [5, 5.41) is 0. The van der Waals surface area contributed by atoms with Crippen molar-refractivity contribution in [3.63, 3.8) is 0 Å². The fourth-order valence-electron chi connectivity index (χ4n) is 1.55. The van der Waals surface area contributed by atoms with E-state index in [0.29, 0.717) is 0 Å². The van der Waals surface area contributed by atoms with Gasteiger partial charge >= 0.3 is 0 Å². The molecule has 2 rings (SSSR count).